The molecule has 0 unspecified atom stereocenters. The molecular weight excluding hydrogens is 233 g/mol. The third-order valence-corrected chi connectivity index (χ3v) is 3.03. The Hall–Kier alpha value is -0.440. The average Bonchev–Trinajstić information content (AvgIpc) is 2.50. The van der Waals surface area contributed by atoms with E-state index in [0.29, 0.717) is 16.1 Å². The van der Waals surface area contributed by atoms with Crippen LogP contribution < -0.4 is 5.32 Å². The fraction of sp³-hybridized carbons (Fsp3) is 0.455. The van der Waals surface area contributed by atoms with Gasteiger partial charge in [-0.1, -0.05) is 23.2 Å². The SMILES string of the molecule is C[C@H]1OCC[C@@H]1Nc1cc(Cl)cc(Cl)c1. The molecule has 2 nitrogen and oxygen atoms in total. The molecular formula is C11H13Cl2NO. The molecule has 82 valence electrons. The van der Waals surface area contributed by atoms with E-state index in [1.165, 1.54) is 0 Å². The number of hydrogen-bond acceptors (Lipinski definition) is 2. The molecule has 1 aromatic carbocycles. The van der Waals surface area contributed by atoms with E-state index in [1.54, 1.807) is 6.07 Å². The topological polar surface area (TPSA) is 21.3 Å². The van der Waals surface area contributed by atoms with Gasteiger partial charge in [0.1, 0.15) is 0 Å². The third-order valence-electron chi connectivity index (χ3n) is 2.59. The summed E-state index contributed by atoms with van der Waals surface area (Å²) >= 11 is 11.8. The van der Waals surface area contributed by atoms with Crippen LogP contribution in [0.3, 0.4) is 0 Å². The van der Waals surface area contributed by atoms with Crippen LogP contribution in [0.4, 0.5) is 5.69 Å². The number of rotatable bonds is 2. The van der Waals surface area contributed by atoms with Crippen LogP contribution >= 0.6 is 23.2 Å². The van der Waals surface area contributed by atoms with E-state index >= 15 is 0 Å². The van der Waals surface area contributed by atoms with Gasteiger partial charge >= 0.3 is 0 Å². The molecule has 1 N–H and O–H groups in total. The summed E-state index contributed by atoms with van der Waals surface area (Å²) in [5, 5.41) is 4.68. The summed E-state index contributed by atoms with van der Waals surface area (Å²) in [7, 11) is 0. The van der Waals surface area contributed by atoms with E-state index in [-0.39, 0.29) is 6.10 Å². The van der Waals surface area contributed by atoms with Crippen LogP contribution in [-0.2, 0) is 4.74 Å². The molecule has 2 atom stereocenters. The number of benzene rings is 1. The van der Waals surface area contributed by atoms with E-state index in [4.69, 9.17) is 27.9 Å². The number of ether oxygens (including phenoxy) is 1. The standard InChI is InChI=1S/C11H13Cl2NO/c1-7-11(2-3-15-7)14-10-5-8(12)4-9(13)6-10/h4-7,11,14H,2-3H2,1H3/t7-,11+/m1/s1. The zero-order valence-corrected chi connectivity index (χ0v) is 9.98. The van der Waals surface area contributed by atoms with Crippen molar-refractivity contribution in [1.29, 1.82) is 0 Å². The second-order valence-electron chi connectivity index (χ2n) is 3.77. The highest BCUT2D eigenvalue weighted by Crippen LogP contribution is 2.25. The van der Waals surface area contributed by atoms with Crippen LogP contribution in [0.25, 0.3) is 0 Å². The van der Waals surface area contributed by atoms with Crippen LogP contribution in [0.15, 0.2) is 18.2 Å². The Bertz CT molecular complexity index is 336. The second-order valence-corrected chi connectivity index (χ2v) is 4.65. The fourth-order valence-corrected chi connectivity index (χ4v) is 2.30. The van der Waals surface area contributed by atoms with E-state index in [1.807, 2.05) is 12.1 Å². The van der Waals surface area contributed by atoms with Gasteiger partial charge in [-0.05, 0) is 31.5 Å². The molecule has 0 aromatic heterocycles. The van der Waals surface area contributed by atoms with Gasteiger partial charge in [0.05, 0.1) is 12.1 Å². The van der Waals surface area contributed by atoms with Crippen molar-refractivity contribution < 1.29 is 4.74 Å². The molecule has 2 rings (SSSR count). The van der Waals surface area contributed by atoms with E-state index in [0.717, 1.165) is 18.7 Å². The van der Waals surface area contributed by atoms with Gasteiger partial charge in [0.2, 0.25) is 0 Å². The normalized spacial score (nSPS) is 25.5. The molecule has 1 aliphatic rings. The van der Waals surface area contributed by atoms with Crippen molar-refractivity contribution in [3.8, 4) is 0 Å². The van der Waals surface area contributed by atoms with Crippen LogP contribution in [0.2, 0.25) is 10.0 Å². The molecule has 1 saturated heterocycles. The molecule has 1 aromatic rings. The Balaban J connectivity index is 2.10. The first-order valence-electron chi connectivity index (χ1n) is 4.99. The minimum atomic E-state index is 0.239. The maximum absolute atomic E-state index is 5.92. The number of nitrogens with one attached hydrogen (secondary N) is 1. The predicted octanol–water partition coefficient (Wildman–Crippen LogP) is 3.58. The monoisotopic (exact) mass is 245 g/mol. The lowest BCUT2D eigenvalue weighted by Gasteiger charge is -2.17. The highest BCUT2D eigenvalue weighted by Gasteiger charge is 2.23. The van der Waals surface area contributed by atoms with Crippen molar-refractivity contribution in [2.75, 3.05) is 11.9 Å². The summed E-state index contributed by atoms with van der Waals surface area (Å²) < 4.78 is 5.47. The van der Waals surface area contributed by atoms with Crippen molar-refractivity contribution in [2.45, 2.75) is 25.5 Å². The van der Waals surface area contributed by atoms with Crippen molar-refractivity contribution >= 4 is 28.9 Å². The first-order chi connectivity index (χ1) is 7.15. The summed E-state index contributed by atoms with van der Waals surface area (Å²) in [5.41, 5.74) is 0.954. The van der Waals surface area contributed by atoms with Gasteiger partial charge in [-0.25, -0.2) is 0 Å². The molecule has 1 aliphatic heterocycles. The molecule has 0 amide bonds. The Labute approximate surface area is 99.5 Å². The second kappa shape index (κ2) is 4.60. The quantitative estimate of drug-likeness (QED) is 0.861. The van der Waals surface area contributed by atoms with Gasteiger partial charge in [0.25, 0.3) is 0 Å². The van der Waals surface area contributed by atoms with Crippen molar-refractivity contribution in [2.24, 2.45) is 0 Å². The predicted molar refractivity (Wildman–Crippen MR) is 63.9 cm³/mol. The lowest BCUT2D eigenvalue weighted by Crippen LogP contribution is -2.26. The maximum atomic E-state index is 5.92. The Morgan fingerprint density at radius 1 is 1.27 bits per heavy atom. The zero-order valence-electron chi connectivity index (χ0n) is 8.47. The third kappa shape index (κ3) is 2.77. The van der Waals surface area contributed by atoms with Crippen LogP contribution in [0.5, 0.6) is 0 Å². The van der Waals surface area contributed by atoms with Crippen LogP contribution in [-0.4, -0.2) is 18.8 Å². The van der Waals surface area contributed by atoms with Crippen molar-refractivity contribution in [3.63, 3.8) is 0 Å². The highest BCUT2D eigenvalue weighted by atomic mass is 35.5. The molecule has 0 radical (unpaired) electrons. The lowest BCUT2D eigenvalue weighted by molar-refractivity contribution is 0.121. The zero-order chi connectivity index (χ0) is 10.8. The first kappa shape index (κ1) is 11.1. The first-order valence-corrected chi connectivity index (χ1v) is 5.75. The summed E-state index contributed by atoms with van der Waals surface area (Å²) in [6.07, 6.45) is 1.26. The summed E-state index contributed by atoms with van der Waals surface area (Å²) in [6.45, 7) is 2.88. The molecule has 0 saturated carbocycles. The van der Waals surface area contributed by atoms with Crippen LogP contribution in [0, 0.1) is 0 Å². The van der Waals surface area contributed by atoms with Crippen LogP contribution in [0.1, 0.15) is 13.3 Å². The lowest BCUT2D eigenvalue weighted by atomic mass is 10.1. The molecule has 0 bridgehead atoms. The van der Waals surface area contributed by atoms with Gasteiger partial charge in [0.15, 0.2) is 0 Å². The van der Waals surface area contributed by atoms with Gasteiger partial charge in [-0.2, -0.15) is 0 Å². The van der Waals surface area contributed by atoms with Gasteiger partial charge in [0, 0.05) is 22.3 Å². The van der Waals surface area contributed by atoms with Gasteiger partial charge < -0.3 is 10.1 Å². The number of halogens is 2. The highest BCUT2D eigenvalue weighted by molar-refractivity contribution is 6.35. The molecule has 1 heterocycles. The Morgan fingerprint density at radius 2 is 1.93 bits per heavy atom. The minimum absolute atomic E-state index is 0.239. The number of hydrogen-bond donors (Lipinski definition) is 1. The Morgan fingerprint density at radius 3 is 2.47 bits per heavy atom. The minimum Gasteiger partial charge on any atom is -0.380 e. The van der Waals surface area contributed by atoms with Gasteiger partial charge in [-0.3, -0.25) is 0 Å². The summed E-state index contributed by atoms with van der Waals surface area (Å²) in [4.78, 5) is 0. The fourth-order valence-electron chi connectivity index (χ4n) is 1.77. The number of anilines is 1. The van der Waals surface area contributed by atoms with Crippen molar-refractivity contribution in [3.05, 3.63) is 28.2 Å². The maximum Gasteiger partial charge on any atom is 0.0748 e. The Kier molecular flexibility index (Phi) is 3.39. The summed E-state index contributed by atoms with van der Waals surface area (Å²) in [6, 6.07) is 5.82. The van der Waals surface area contributed by atoms with Crippen molar-refractivity contribution in [1.82, 2.24) is 0 Å². The largest absolute Gasteiger partial charge is 0.380 e. The smallest absolute Gasteiger partial charge is 0.0748 e. The molecule has 15 heavy (non-hydrogen) atoms. The average molecular weight is 246 g/mol. The summed E-state index contributed by atoms with van der Waals surface area (Å²) in [5.74, 6) is 0. The van der Waals surface area contributed by atoms with E-state index in [9.17, 15) is 0 Å². The van der Waals surface area contributed by atoms with Gasteiger partial charge in [-0.15, -0.1) is 0 Å². The van der Waals surface area contributed by atoms with E-state index < -0.39 is 0 Å². The van der Waals surface area contributed by atoms with E-state index in [2.05, 4.69) is 12.2 Å². The molecule has 4 heteroatoms. The molecule has 0 aliphatic carbocycles. The molecule has 1 fully saturated rings. The molecule has 0 spiro atoms.